The van der Waals surface area contributed by atoms with Crippen LogP contribution in [-0.2, 0) is 9.59 Å². The molecule has 0 aromatic carbocycles. The molecule has 0 N–H and O–H groups in total. The van der Waals surface area contributed by atoms with E-state index in [1.807, 2.05) is 34.4 Å². The Balaban J connectivity index is 1.44. The van der Waals surface area contributed by atoms with Gasteiger partial charge in [0.2, 0.25) is 11.8 Å². The highest BCUT2D eigenvalue weighted by molar-refractivity contribution is 7.12. The van der Waals surface area contributed by atoms with Crippen molar-refractivity contribution in [1.29, 1.82) is 0 Å². The molecule has 3 aliphatic rings. The Kier molecular flexibility index (Phi) is 4.97. The molecule has 1 spiro atoms. The van der Waals surface area contributed by atoms with E-state index in [4.69, 9.17) is 0 Å². The summed E-state index contributed by atoms with van der Waals surface area (Å²) in [7, 11) is 1.87. The minimum atomic E-state index is -0.357. The summed E-state index contributed by atoms with van der Waals surface area (Å²) in [6, 6.07) is 3.35. The maximum absolute atomic E-state index is 13.2. The molecule has 0 saturated carbocycles. The molecule has 1 aromatic heterocycles. The lowest BCUT2D eigenvalue weighted by molar-refractivity contribution is -0.144. The number of carbonyl (C=O) groups excluding carboxylic acids is 3. The topological polar surface area (TPSA) is 60.9 Å². The van der Waals surface area contributed by atoms with E-state index in [2.05, 4.69) is 0 Å². The number of rotatable bonds is 2. The standard InChI is InChI=1S/C20H27N3O3S/c1-21-11-7-20(19(21)26)8-12-22(13-9-20)17(24)15-5-2-3-10-23(15)18(25)16-6-4-14-27-16/h4,6,14-15H,2-3,5,7-13H2,1H3. The van der Waals surface area contributed by atoms with E-state index in [9.17, 15) is 14.4 Å². The van der Waals surface area contributed by atoms with Crippen molar-refractivity contribution in [2.75, 3.05) is 33.2 Å². The Bertz CT molecular complexity index is 725. The Morgan fingerprint density at radius 3 is 2.48 bits per heavy atom. The number of thiophene rings is 1. The second kappa shape index (κ2) is 7.26. The van der Waals surface area contributed by atoms with Crippen LogP contribution in [0.3, 0.4) is 0 Å². The van der Waals surface area contributed by atoms with E-state index < -0.39 is 0 Å². The third-order valence-electron chi connectivity index (χ3n) is 6.54. The van der Waals surface area contributed by atoms with Crippen LogP contribution in [0, 0.1) is 5.41 Å². The summed E-state index contributed by atoms with van der Waals surface area (Å²) in [5, 5.41) is 1.90. The van der Waals surface area contributed by atoms with Crippen molar-refractivity contribution in [3.8, 4) is 0 Å². The molecule has 0 aliphatic carbocycles. The molecule has 3 aliphatic heterocycles. The van der Waals surface area contributed by atoms with E-state index >= 15 is 0 Å². The largest absolute Gasteiger partial charge is 0.345 e. The van der Waals surface area contributed by atoms with Crippen LogP contribution in [0.5, 0.6) is 0 Å². The molecule has 3 fully saturated rings. The van der Waals surface area contributed by atoms with Gasteiger partial charge < -0.3 is 14.7 Å². The van der Waals surface area contributed by atoms with Crippen molar-refractivity contribution in [3.05, 3.63) is 22.4 Å². The van der Waals surface area contributed by atoms with Crippen molar-refractivity contribution >= 4 is 29.1 Å². The number of hydrogen-bond acceptors (Lipinski definition) is 4. The van der Waals surface area contributed by atoms with Gasteiger partial charge in [-0.1, -0.05) is 6.07 Å². The van der Waals surface area contributed by atoms with Gasteiger partial charge in [-0.25, -0.2) is 0 Å². The highest BCUT2D eigenvalue weighted by atomic mass is 32.1. The molecule has 3 saturated heterocycles. The van der Waals surface area contributed by atoms with Crippen molar-refractivity contribution in [2.24, 2.45) is 5.41 Å². The number of carbonyl (C=O) groups is 3. The molecular weight excluding hydrogens is 362 g/mol. The zero-order chi connectivity index (χ0) is 19.0. The molecule has 4 heterocycles. The first-order valence-corrected chi connectivity index (χ1v) is 10.8. The molecule has 1 aromatic rings. The number of hydrogen-bond donors (Lipinski definition) is 0. The fourth-order valence-electron chi connectivity index (χ4n) is 4.80. The molecule has 0 radical (unpaired) electrons. The molecule has 7 heteroatoms. The summed E-state index contributed by atoms with van der Waals surface area (Å²) in [6.45, 7) is 2.71. The van der Waals surface area contributed by atoms with Crippen LogP contribution in [-0.4, -0.2) is 71.7 Å². The van der Waals surface area contributed by atoms with Crippen molar-refractivity contribution in [2.45, 2.75) is 44.6 Å². The first-order valence-electron chi connectivity index (χ1n) is 9.91. The number of nitrogens with zero attached hydrogens (tertiary/aromatic N) is 3. The Morgan fingerprint density at radius 1 is 1.11 bits per heavy atom. The van der Waals surface area contributed by atoms with Crippen molar-refractivity contribution in [1.82, 2.24) is 14.7 Å². The van der Waals surface area contributed by atoms with E-state index in [0.717, 1.165) is 45.1 Å². The van der Waals surface area contributed by atoms with Gasteiger partial charge >= 0.3 is 0 Å². The van der Waals surface area contributed by atoms with Crippen LogP contribution in [0.1, 0.15) is 48.2 Å². The molecule has 1 atom stereocenters. The molecule has 3 amide bonds. The zero-order valence-electron chi connectivity index (χ0n) is 15.9. The van der Waals surface area contributed by atoms with Gasteiger partial charge in [0.15, 0.2) is 0 Å². The summed E-state index contributed by atoms with van der Waals surface area (Å²) >= 11 is 1.43. The number of amides is 3. The highest BCUT2D eigenvalue weighted by Gasteiger charge is 2.48. The van der Waals surface area contributed by atoms with Crippen LogP contribution in [0.15, 0.2) is 17.5 Å². The second-order valence-corrected chi connectivity index (χ2v) is 9.02. The van der Waals surface area contributed by atoms with Gasteiger partial charge in [-0.3, -0.25) is 14.4 Å². The molecule has 1 unspecified atom stereocenters. The molecule has 0 bridgehead atoms. The highest BCUT2D eigenvalue weighted by Crippen LogP contribution is 2.41. The Labute approximate surface area is 164 Å². The minimum absolute atomic E-state index is 0.0240. The zero-order valence-corrected chi connectivity index (χ0v) is 16.7. The van der Waals surface area contributed by atoms with Gasteiger partial charge in [-0.05, 0) is 50.0 Å². The Morgan fingerprint density at radius 2 is 1.85 bits per heavy atom. The summed E-state index contributed by atoms with van der Waals surface area (Å²) in [5.41, 5.74) is -0.259. The van der Waals surface area contributed by atoms with Crippen LogP contribution in [0.2, 0.25) is 0 Å². The number of likely N-dealkylation sites (tertiary alicyclic amines) is 3. The van der Waals surface area contributed by atoms with E-state index in [-0.39, 0.29) is 29.2 Å². The lowest BCUT2D eigenvalue weighted by Crippen LogP contribution is -2.55. The van der Waals surface area contributed by atoms with Gasteiger partial charge in [-0.2, -0.15) is 0 Å². The molecule has 6 nitrogen and oxygen atoms in total. The van der Waals surface area contributed by atoms with Gasteiger partial charge in [0.25, 0.3) is 5.91 Å². The second-order valence-electron chi connectivity index (χ2n) is 8.07. The lowest BCUT2D eigenvalue weighted by Gasteiger charge is -2.42. The summed E-state index contributed by atoms with van der Waals surface area (Å²) in [4.78, 5) is 44.8. The van der Waals surface area contributed by atoms with Crippen LogP contribution in [0.25, 0.3) is 0 Å². The predicted octanol–water partition coefficient (Wildman–Crippen LogP) is 2.21. The van der Waals surface area contributed by atoms with Gasteiger partial charge in [0.05, 0.1) is 10.3 Å². The average Bonchev–Trinajstić information content (AvgIpc) is 3.33. The quantitative estimate of drug-likeness (QED) is 0.779. The third kappa shape index (κ3) is 3.26. The smallest absolute Gasteiger partial charge is 0.264 e. The molecule has 27 heavy (non-hydrogen) atoms. The van der Waals surface area contributed by atoms with Crippen LogP contribution in [0.4, 0.5) is 0 Å². The normalized spacial score (nSPS) is 25.3. The summed E-state index contributed by atoms with van der Waals surface area (Å²) in [5.74, 6) is 0.277. The molecular formula is C20H27N3O3S. The first kappa shape index (κ1) is 18.5. The van der Waals surface area contributed by atoms with E-state index in [1.165, 1.54) is 11.3 Å². The van der Waals surface area contributed by atoms with E-state index in [1.54, 1.807) is 4.90 Å². The van der Waals surface area contributed by atoms with Crippen molar-refractivity contribution in [3.63, 3.8) is 0 Å². The first-order chi connectivity index (χ1) is 13.0. The Hall–Kier alpha value is -1.89. The maximum atomic E-state index is 13.2. The minimum Gasteiger partial charge on any atom is -0.345 e. The lowest BCUT2D eigenvalue weighted by atomic mass is 9.77. The van der Waals surface area contributed by atoms with Gasteiger partial charge in [-0.15, -0.1) is 11.3 Å². The number of piperidine rings is 2. The maximum Gasteiger partial charge on any atom is 0.264 e. The van der Waals surface area contributed by atoms with Gasteiger partial charge in [0.1, 0.15) is 6.04 Å². The summed E-state index contributed by atoms with van der Waals surface area (Å²) < 4.78 is 0. The van der Waals surface area contributed by atoms with Crippen molar-refractivity contribution < 1.29 is 14.4 Å². The SMILES string of the molecule is CN1CCC2(CCN(C(=O)C3CCCCN3C(=O)c3cccs3)CC2)C1=O. The van der Waals surface area contributed by atoms with Crippen LogP contribution >= 0.6 is 11.3 Å². The summed E-state index contributed by atoms with van der Waals surface area (Å²) in [6.07, 6.45) is 5.05. The molecule has 146 valence electrons. The molecule has 4 rings (SSSR count). The third-order valence-corrected chi connectivity index (χ3v) is 7.40. The fraction of sp³-hybridized carbons (Fsp3) is 0.650. The predicted molar refractivity (Wildman–Crippen MR) is 103 cm³/mol. The fourth-order valence-corrected chi connectivity index (χ4v) is 5.48. The van der Waals surface area contributed by atoms with Crippen LogP contribution < -0.4 is 0 Å². The monoisotopic (exact) mass is 389 g/mol. The average molecular weight is 390 g/mol. The van der Waals surface area contributed by atoms with E-state index in [0.29, 0.717) is 24.5 Å². The van der Waals surface area contributed by atoms with Gasteiger partial charge in [0, 0.05) is 33.2 Å².